The quantitative estimate of drug-likeness (QED) is 0.714. The Morgan fingerprint density at radius 3 is 2.13 bits per heavy atom. The fourth-order valence-electron chi connectivity index (χ4n) is 1.37. The Hall–Kier alpha value is -1.92. The average molecular weight is 212 g/mol. The molecular weight excluding hydrogens is 200 g/mol. The topological polar surface area (TPSA) is 99.4 Å². The Morgan fingerprint density at radius 1 is 1.20 bits per heavy atom. The highest BCUT2D eigenvalue weighted by Gasteiger charge is 2.15. The van der Waals surface area contributed by atoms with Crippen LogP contribution in [0, 0.1) is 4.91 Å². The van der Waals surface area contributed by atoms with Gasteiger partial charge in [0.05, 0.1) is 0 Å². The molecule has 1 aromatic rings. The number of nitrogens with two attached hydrogens (primary N) is 1. The summed E-state index contributed by atoms with van der Waals surface area (Å²) in [5.74, 6) is -0.174. The van der Waals surface area contributed by atoms with Gasteiger partial charge in [-0.05, 0) is 19.0 Å². The molecule has 0 aliphatic heterocycles. The van der Waals surface area contributed by atoms with E-state index in [0.717, 1.165) is 9.13 Å². The number of rotatable bonds is 3. The van der Waals surface area contributed by atoms with Crippen molar-refractivity contribution in [1.82, 2.24) is 9.13 Å². The first-order valence-electron chi connectivity index (χ1n) is 4.54. The fourth-order valence-corrected chi connectivity index (χ4v) is 1.37. The van der Waals surface area contributed by atoms with Crippen LogP contribution < -0.4 is 17.0 Å². The second-order valence-electron chi connectivity index (χ2n) is 2.90. The molecule has 0 unspecified atom stereocenters. The zero-order chi connectivity index (χ0) is 11.6. The smallest absolute Gasteiger partial charge is 0.332 e. The van der Waals surface area contributed by atoms with Crippen molar-refractivity contribution in [3.8, 4) is 0 Å². The van der Waals surface area contributed by atoms with Gasteiger partial charge in [-0.2, -0.15) is 0 Å². The van der Waals surface area contributed by atoms with Gasteiger partial charge >= 0.3 is 5.69 Å². The standard InChI is InChI=1S/C8H12N4O3/c1-3-11-6(9)5(10-15)7(13)12(4-2)8(11)14/h3-4,9H2,1-2H3. The summed E-state index contributed by atoms with van der Waals surface area (Å²) >= 11 is 0. The molecule has 82 valence electrons. The molecular formula is C8H12N4O3. The highest BCUT2D eigenvalue weighted by molar-refractivity contribution is 5.55. The van der Waals surface area contributed by atoms with E-state index in [1.165, 1.54) is 0 Å². The van der Waals surface area contributed by atoms with Gasteiger partial charge in [0, 0.05) is 13.1 Å². The van der Waals surface area contributed by atoms with E-state index in [0.29, 0.717) is 0 Å². The first-order chi connectivity index (χ1) is 7.08. The normalized spacial score (nSPS) is 10.3. The predicted molar refractivity (Wildman–Crippen MR) is 56.2 cm³/mol. The minimum Gasteiger partial charge on any atom is -0.383 e. The summed E-state index contributed by atoms with van der Waals surface area (Å²) in [5, 5.41) is 2.56. The lowest BCUT2D eigenvalue weighted by molar-refractivity contribution is 0.596. The molecule has 0 aliphatic carbocycles. The monoisotopic (exact) mass is 212 g/mol. The lowest BCUT2D eigenvalue weighted by Gasteiger charge is -2.10. The molecule has 0 fully saturated rings. The van der Waals surface area contributed by atoms with E-state index in [2.05, 4.69) is 5.18 Å². The molecule has 0 bridgehead atoms. The molecule has 0 amide bonds. The predicted octanol–water partition coefficient (Wildman–Crippen LogP) is 0.0299. The van der Waals surface area contributed by atoms with Crippen LogP contribution >= 0.6 is 0 Å². The van der Waals surface area contributed by atoms with Crippen molar-refractivity contribution in [2.24, 2.45) is 5.18 Å². The minimum atomic E-state index is -0.736. The SMILES string of the molecule is CCn1c(N)c(N=O)c(=O)n(CC)c1=O. The number of anilines is 1. The van der Waals surface area contributed by atoms with Crippen molar-refractivity contribution < 1.29 is 0 Å². The van der Waals surface area contributed by atoms with Crippen LogP contribution in [0.3, 0.4) is 0 Å². The summed E-state index contributed by atoms with van der Waals surface area (Å²) in [6, 6.07) is 0. The highest BCUT2D eigenvalue weighted by atomic mass is 16.3. The van der Waals surface area contributed by atoms with Gasteiger partial charge in [0.15, 0.2) is 0 Å². The highest BCUT2D eigenvalue weighted by Crippen LogP contribution is 2.13. The summed E-state index contributed by atoms with van der Waals surface area (Å²) < 4.78 is 2.07. The van der Waals surface area contributed by atoms with E-state index in [1.807, 2.05) is 0 Å². The number of nitroso groups, excluding NO2 is 1. The molecule has 0 saturated heterocycles. The lowest BCUT2D eigenvalue weighted by Crippen LogP contribution is -2.40. The molecule has 15 heavy (non-hydrogen) atoms. The van der Waals surface area contributed by atoms with Crippen molar-refractivity contribution in [3.63, 3.8) is 0 Å². The summed E-state index contributed by atoms with van der Waals surface area (Å²) in [4.78, 5) is 33.6. The Labute approximate surface area is 85.1 Å². The summed E-state index contributed by atoms with van der Waals surface area (Å²) in [7, 11) is 0. The lowest BCUT2D eigenvalue weighted by atomic mass is 10.4. The van der Waals surface area contributed by atoms with E-state index in [4.69, 9.17) is 5.73 Å². The van der Waals surface area contributed by atoms with Gasteiger partial charge in [-0.3, -0.25) is 13.9 Å². The van der Waals surface area contributed by atoms with E-state index < -0.39 is 16.9 Å². The zero-order valence-electron chi connectivity index (χ0n) is 8.56. The number of aromatic nitrogens is 2. The maximum Gasteiger partial charge on any atom is 0.332 e. The van der Waals surface area contributed by atoms with Gasteiger partial charge in [-0.1, -0.05) is 0 Å². The third-order valence-electron chi connectivity index (χ3n) is 2.17. The zero-order valence-corrected chi connectivity index (χ0v) is 8.56. The van der Waals surface area contributed by atoms with Crippen LogP contribution in [-0.4, -0.2) is 9.13 Å². The molecule has 7 nitrogen and oxygen atoms in total. The minimum absolute atomic E-state index is 0.174. The van der Waals surface area contributed by atoms with Crippen LogP contribution in [0.1, 0.15) is 13.8 Å². The second kappa shape index (κ2) is 4.07. The number of hydrogen-bond acceptors (Lipinski definition) is 5. The average Bonchev–Trinajstić information content (AvgIpc) is 2.19. The van der Waals surface area contributed by atoms with E-state index in [-0.39, 0.29) is 18.9 Å². The molecule has 0 spiro atoms. The first kappa shape index (κ1) is 11.2. The Kier molecular flexibility index (Phi) is 3.03. The van der Waals surface area contributed by atoms with E-state index >= 15 is 0 Å². The fraction of sp³-hybridized carbons (Fsp3) is 0.500. The van der Waals surface area contributed by atoms with Gasteiger partial charge in [0.1, 0.15) is 5.82 Å². The molecule has 0 radical (unpaired) electrons. The second-order valence-corrected chi connectivity index (χ2v) is 2.90. The van der Waals surface area contributed by atoms with Crippen molar-refractivity contribution in [2.75, 3.05) is 5.73 Å². The van der Waals surface area contributed by atoms with Crippen molar-refractivity contribution in [3.05, 3.63) is 25.7 Å². The van der Waals surface area contributed by atoms with Gasteiger partial charge < -0.3 is 5.73 Å². The van der Waals surface area contributed by atoms with Gasteiger partial charge in [0.25, 0.3) is 5.56 Å². The Bertz CT molecular complexity index is 500. The number of nitrogen functional groups attached to an aromatic ring is 1. The van der Waals surface area contributed by atoms with Crippen LogP contribution in [0.5, 0.6) is 0 Å². The summed E-state index contributed by atoms with van der Waals surface area (Å²) in [6.07, 6.45) is 0. The molecule has 1 aromatic heterocycles. The number of hydrogen-bond donors (Lipinski definition) is 1. The van der Waals surface area contributed by atoms with Crippen LogP contribution in [0.2, 0.25) is 0 Å². The van der Waals surface area contributed by atoms with Gasteiger partial charge in [-0.25, -0.2) is 4.79 Å². The van der Waals surface area contributed by atoms with E-state index in [9.17, 15) is 14.5 Å². The van der Waals surface area contributed by atoms with Crippen LogP contribution in [0.4, 0.5) is 11.5 Å². The molecule has 0 aromatic carbocycles. The molecule has 0 aliphatic rings. The number of nitrogens with zero attached hydrogens (tertiary/aromatic N) is 3. The third kappa shape index (κ3) is 1.56. The molecule has 0 atom stereocenters. The summed E-state index contributed by atoms with van der Waals surface area (Å²) in [5.41, 5.74) is 3.83. The maximum atomic E-state index is 11.6. The largest absolute Gasteiger partial charge is 0.383 e. The Balaban J connectivity index is 3.81. The maximum absolute atomic E-state index is 11.6. The molecule has 0 saturated carbocycles. The van der Waals surface area contributed by atoms with Crippen molar-refractivity contribution >= 4 is 11.5 Å². The van der Waals surface area contributed by atoms with Gasteiger partial charge in [0.2, 0.25) is 5.69 Å². The third-order valence-corrected chi connectivity index (χ3v) is 2.17. The van der Waals surface area contributed by atoms with Gasteiger partial charge in [-0.15, -0.1) is 4.91 Å². The molecule has 7 heteroatoms. The van der Waals surface area contributed by atoms with E-state index in [1.54, 1.807) is 13.8 Å². The molecule has 2 N–H and O–H groups in total. The summed E-state index contributed by atoms with van der Waals surface area (Å²) in [6.45, 7) is 3.79. The molecule has 1 rings (SSSR count). The molecule has 1 heterocycles. The van der Waals surface area contributed by atoms with Crippen molar-refractivity contribution in [1.29, 1.82) is 0 Å². The first-order valence-corrected chi connectivity index (χ1v) is 4.54. The van der Waals surface area contributed by atoms with Crippen molar-refractivity contribution in [2.45, 2.75) is 26.9 Å². The van der Waals surface area contributed by atoms with Crippen LogP contribution in [0.25, 0.3) is 0 Å². The van der Waals surface area contributed by atoms with Crippen LogP contribution in [-0.2, 0) is 13.1 Å². The van der Waals surface area contributed by atoms with Crippen LogP contribution in [0.15, 0.2) is 14.8 Å². The Morgan fingerprint density at radius 2 is 1.73 bits per heavy atom.